The number of aliphatic hydroxyl groups excluding tert-OH is 1. The van der Waals surface area contributed by atoms with Gasteiger partial charge >= 0.3 is 0 Å². The molecule has 0 aromatic carbocycles. The van der Waals surface area contributed by atoms with E-state index in [2.05, 4.69) is 55.4 Å². The Morgan fingerprint density at radius 1 is 0.939 bits per heavy atom. The van der Waals surface area contributed by atoms with Crippen LogP contribution in [-0.2, 0) is 9.53 Å². The summed E-state index contributed by atoms with van der Waals surface area (Å²) in [6, 6.07) is 0. The van der Waals surface area contributed by atoms with E-state index in [1.165, 1.54) is 38.5 Å². The van der Waals surface area contributed by atoms with Gasteiger partial charge in [0.2, 0.25) is 0 Å². The number of Topliss-reactive ketones (excluding diaryl/α,β-unsaturated/α-hetero) is 1. The molecule has 0 amide bonds. The van der Waals surface area contributed by atoms with E-state index < -0.39 is 0 Å². The first-order valence-corrected chi connectivity index (χ1v) is 13.8. The summed E-state index contributed by atoms with van der Waals surface area (Å²) in [5, 5.41) is 10.8. The van der Waals surface area contributed by atoms with Crippen LogP contribution >= 0.6 is 0 Å². The number of rotatable bonds is 4. The third-order valence-electron chi connectivity index (χ3n) is 12.3. The lowest BCUT2D eigenvalue weighted by Crippen LogP contribution is -2.62. The Balaban J connectivity index is 1.43. The monoisotopic (exact) mass is 456 g/mol. The molecule has 0 spiro atoms. The first-order chi connectivity index (χ1) is 15.2. The molecule has 5 rings (SSSR count). The van der Waals surface area contributed by atoms with Crippen LogP contribution in [0, 0.1) is 39.4 Å². The fourth-order valence-corrected chi connectivity index (χ4v) is 10.1. The van der Waals surface area contributed by atoms with Gasteiger partial charge in [-0.05, 0) is 99.2 Å². The van der Waals surface area contributed by atoms with E-state index in [9.17, 15) is 9.90 Å². The maximum Gasteiger partial charge on any atom is 0.138 e. The Morgan fingerprint density at radius 3 is 2.24 bits per heavy atom. The number of ether oxygens (including phenoxy) is 1. The molecule has 3 heteroatoms. The zero-order valence-electron chi connectivity index (χ0n) is 22.5. The average molecular weight is 457 g/mol. The van der Waals surface area contributed by atoms with Gasteiger partial charge in [0.25, 0.3) is 0 Å². The number of ketones is 1. The van der Waals surface area contributed by atoms with E-state index in [1.54, 1.807) is 11.1 Å². The van der Waals surface area contributed by atoms with Crippen molar-refractivity contribution in [3.8, 4) is 0 Å². The molecule has 3 nitrogen and oxygen atoms in total. The van der Waals surface area contributed by atoms with Crippen LogP contribution < -0.4 is 0 Å². The van der Waals surface area contributed by atoms with E-state index >= 15 is 0 Å². The van der Waals surface area contributed by atoms with E-state index in [1.807, 2.05) is 0 Å². The van der Waals surface area contributed by atoms with Gasteiger partial charge in [-0.1, -0.05) is 52.7 Å². The van der Waals surface area contributed by atoms with Crippen LogP contribution in [0.2, 0.25) is 0 Å². The summed E-state index contributed by atoms with van der Waals surface area (Å²) < 4.78 is 5.74. The number of hydrogen-bond acceptors (Lipinski definition) is 3. The number of fused-ring (bicyclic) bond motifs is 5. The quantitative estimate of drug-likeness (QED) is 0.371. The highest BCUT2D eigenvalue weighted by Gasteiger charge is 2.66. The molecule has 1 saturated heterocycles. The molecule has 0 aromatic heterocycles. The minimum atomic E-state index is -0.363. The number of epoxide rings is 1. The molecule has 5 aliphatic rings. The van der Waals surface area contributed by atoms with Crippen LogP contribution in [0.3, 0.4) is 0 Å². The topological polar surface area (TPSA) is 49.8 Å². The smallest absolute Gasteiger partial charge is 0.138 e. The van der Waals surface area contributed by atoms with E-state index in [4.69, 9.17) is 4.74 Å². The summed E-state index contributed by atoms with van der Waals surface area (Å²) in [7, 11) is 0. The second-order valence-corrected chi connectivity index (χ2v) is 14.4. The van der Waals surface area contributed by atoms with Gasteiger partial charge in [0.1, 0.15) is 11.9 Å². The summed E-state index contributed by atoms with van der Waals surface area (Å²) in [5.74, 6) is 2.14. The maximum atomic E-state index is 12.9. The molecule has 8 atom stereocenters. The number of hydrogen-bond donors (Lipinski definition) is 1. The molecule has 0 radical (unpaired) electrons. The molecule has 4 fully saturated rings. The van der Waals surface area contributed by atoms with Crippen molar-refractivity contribution in [2.45, 2.75) is 131 Å². The highest BCUT2D eigenvalue weighted by Crippen LogP contribution is 2.74. The summed E-state index contributed by atoms with van der Waals surface area (Å²) in [4.78, 5) is 12.9. The highest BCUT2D eigenvalue weighted by atomic mass is 16.6. The van der Waals surface area contributed by atoms with Crippen molar-refractivity contribution in [3.05, 3.63) is 11.1 Å². The summed E-state index contributed by atoms with van der Waals surface area (Å²) >= 11 is 0. The van der Waals surface area contributed by atoms with E-state index in [-0.39, 0.29) is 34.1 Å². The molecule has 0 bridgehead atoms. The van der Waals surface area contributed by atoms with Crippen molar-refractivity contribution < 1.29 is 14.6 Å². The number of carbonyl (C=O) groups excluding carboxylic acids is 1. The lowest BCUT2D eigenvalue weighted by molar-refractivity contribution is -0.180. The first kappa shape index (κ1) is 24.0. The van der Waals surface area contributed by atoms with Gasteiger partial charge < -0.3 is 9.84 Å². The zero-order chi connectivity index (χ0) is 24.2. The largest absolute Gasteiger partial charge is 0.390 e. The van der Waals surface area contributed by atoms with Crippen LogP contribution in [0.15, 0.2) is 11.1 Å². The van der Waals surface area contributed by atoms with Crippen molar-refractivity contribution in [2.75, 3.05) is 0 Å². The van der Waals surface area contributed by atoms with Crippen molar-refractivity contribution in [2.24, 2.45) is 39.4 Å². The number of carbonyl (C=O) groups is 1. The van der Waals surface area contributed by atoms with Gasteiger partial charge in [0.05, 0.1) is 11.7 Å². The van der Waals surface area contributed by atoms with Gasteiger partial charge in [-0.25, -0.2) is 0 Å². The Kier molecular flexibility index (Phi) is 5.24. The molecule has 186 valence electrons. The highest BCUT2D eigenvalue weighted by molar-refractivity contribution is 5.85. The molecule has 0 aromatic rings. The van der Waals surface area contributed by atoms with Crippen LogP contribution in [0.4, 0.5) is 0 Å². The van der Waals surface area contributed by atoms with Crippen molar-refractivity contribution in [1.82, 2.24) is 0 Å². The molecule has 1 heterocycles. The van der Waals surface area contributed by atoms with E-state index in [0.717, 1.165) is 19.3 Å². The van der Waals surface area contributed by atoms with Gasteiger partial charge in [-0.15, -0.1) is 0 Å². The van der Waals surface area contributed by atoms with Crippen LogP contribution in [0.25, 0.3) is 0 Å². The fourth-order valence-electron chi connectivity index (χ4n) is 10.1. The van der Waals surface area contributed by atoms with Gasteiger partial charge in [0, 0.05) is 11.8 Å². The first-order valence-electron chi connectivity index (χ1n) is 13.8. The average Bonchev–Trinajstić information content (AvgIpc) is 3.20. The Labute approximate surface area is 202 Å². The van der Waals surface area contributed by atoms with E-state index in [0.29, 0.717) is 29.0 Å². The number of allylic oxidation sites excluding steroid dienone is 2. The number of aliphatic hydroxyl groups is 1. The Hall–Kier alpha value is -0.670. The summed E-state index contributed by atoms with van der Waals surface area (Å²) in [6.45, 7) is 18.7. The molecule has 3 saturated carbocycles. The Bertz CT molecular complexity index is 883. The molecule has 4 aliphatic carbocycles. The lowest BCUT2D eigenvalue weighted by atomic mass is 9.36. The Morgan fingerprint density at radius 2 is 1.61 bits per heavy atom. The van der Waals surface area contributed by atoms with Gasteiger partial charge in [0.15, 0.2) is 0 Å². The zero-order valence-corrected chi connectivity index (χ0v) is 22.5. The van der Waals surface area contributed by atoms with Crippen LogP contribution in [0.1, 0.15) is 113 Å². The van der Waals surface area contributed by atoms with Crippen LogP contribution in [-0.4, -0.2) is 28.7 Å². The molecule has 1 N–H and O–H groups in total. The third kappa shape index (κ3) is 3.16. The van der Waals surface area contributed by atoms with Crippen LogP contribution in [0.5, 0.6) is 0 Å². The molecule has 0 unspecified atom stereocenters. The summed E-state index contributed by atoms with van der Waals surface area (Å²) in [6.07, 6.45) is 9.71. The predicted octanol–water partition coefficient (Wildman–Crippen LogP) is 6.87. The standard InChI is InChI=1S/C30H48O3/c1-18(17-21(31)25-27(4,5)33-25)19-11-15-29(7)20(19)9-10-23-28(6)14-13-24(32)26(2,3)22(28)12-16-30(23,29)8/h18,21-23,25,31H,9-17H2,1-8H3/t18-,21+,22+,23+,25-,28+,29+,30+/m0/s1. The molecular formula is C30H48O3. The second kappa shape index (κ2) is 7.19. The normalized spacial score (nSPS) is 47.4. The molecular weight excluding hydrogens is 408 g/mol. The SMILES string of the molecule is C[C@@H](C[C@@H](O)[C@@H]1OC1(C)C)C1=C2CC[C@@H]3[C@]4(C)CCC(=O)C(C)(C)[C@H]4CC[C@@]3(C)[C@]2(C)CC1. The lowest BCUT2D eigenvalue weighted by Gasteiger charge is -2.68. The third-order valence-corrected chi connectivity index (χ3v) is 12.3. The molecule has 1 aliphatic heterocycles. The minimum Gasteiger partial charge on any atom is -0.390 e. The van der Waals surface area contributed by atoms with Crippen molar-refractivity contribution in [3.63, 3.8) is 0 Å². The minimum absolute atomic E-state index is 0.000756. The maximum absolute atomic E-state index is 12.9. The fraction of sp³-hybridized carbons (Fsp3) is 0.900. The predicted molar refractivity (Wildman–Crippen MR) is 133 cm³/mol. The second-order valence-electron chi connectivity index (χ2n) is 14.4. The van der Waals surface area contributed by atoms with Crippen molar-refractivity contribution >= 4 is 5.78 Å². The van der Waals surface area contributed by atoms with Gasteiger partial charge in [-0.2, -0.15) is 0 Å². The summed E-state index contributed by atoms with van der Waals surface area (Å²) in [5.41, 5.74) is 3.92. The molecule has 33 heavy (non-hydrogen) atoms. The van der Waals surface area contributed by atoms with Crippen molar-refractivity contribution in [1.29, 1.82) is 0 Å². The van der Waals surface area contributed by atoms with Gasteiger partial charge in [-0.3, -0.25) is 4.79 Å².